The Morgan fingerprint density at radius 2 is 0.697 bits per heavy atom. The van der Waals surface area contributed by atoms with Crippen molar-refractivity contribution in [3.8, 4) is 0 Å². The first-order chi connectivity index (χ1) is 15.5. The van der Waals surface area contributed by atoms with Crippen LogP contribution in [0, 0.1) is 0 Å². The molecule has 7 nitrogen and oxygen atoms in total. The van der Waals surface area contributed by atoms with Gasteiger partial charge in [0.1, 0.15) is 0 Å². The van der Waals surface area contributed by atoms with E-state index in [1.165, 1.54) is 0 Å². The molecule has 0 aromatic carbocycles. The highest BCUT2D eigenvalue weighted by Gasteiger charge is 2.44. The van der Waals surface area contributed by atoms with Gasteiger partial charge in [0, 0.05) is 0 Å². The normalized spacial score (nSPS) is 19.4. The zero-order valence-corrected chi connectivity index (χ0v) is 24.3. The van der Waals surface area contributed by atoms with Crippen LogP contribution in [-0.4, -0.2) is 24.4 Å². The van der Waals surface area contributed by atoms with Crippen LogP contribution in [0.2, 0.25) is 0 Å². The monoisotopic (exact) mass is 514 g/mol. The smallest absolute Gasteiger partial charge is 0.284 e. The van der Waals surface area contributed by atoms with Crippen LogP contribution >= 0.6 is 15.6 Å². The van der Waals surface area contributed by atoms with E-state index in [1.54, 1.807) is 0 Å². The summed E-state index contributed by atoms with van der Waals surface area (Å²) in [5, 5.41) is 0. The molecule has 0 radical (unpaired) electrons. The summed E-state index contributed by atoms with van der Waals surface area (Å²) in [6.45, 7) is 15.6. The molecule has 0 rings (SSSR count). The van der Waals surface area contributed by atoms with Gasteiger partial charge in [-0.05, 0) is 53.4 Å². The largest absolute Gasteiger partial charge is 0.484 e. The Balaban J connectivity index is 5.72. The summed E-state index contributed by atoms with van der Waals surface area (Å²) < 4.78 is 56.3. The molecule has 4 atom stereocenters. The topological polar surface area (TPSA) is 80.3 Å². The van der Waals surface area contributed by atoms with Gasteiger partial charge in [0.05, 0.1) is 24.4 Å². The molecule has 200 valence electrons. The second-order valence-electron chi connectivity index (χ2n) is 9.21. The van der Waals surface area contributed by atoms with E-state index in [0.29, 0.717) is 25.7 Å². The van der Waals surface area contributed by atoms with Gasteiger partial charge in [-0.2, -0.15) is 4.31 Å². The van der Waals surface area contributed by atoms with Gasteiger partial charge in [0.25, 0.3) is 0 Å². The van der Waals surface area contributed by atoms with Crippen LogP contribution in [0.5, 0.6) is 0 Å². The molecule has 0 fully saturated rings. The standard InChI is InChI=1S/C24H52O7P2/c1-9-13-17-21(5)27-32(25,28-22(6)18-14-10-2)31-33(26,29-23(7)19-15-11-3)30-24(8)20-16-12-4/h21-24H,9-20H2,1-8H3. The predicted molar refractivity (Wildman–Crippen MR) is 137 cm³/mol. The first-order valence-electron chi connectivity index (χ1n) is 13.2. The number of phosphoric ester groups is 2. The highest BCUT2D eigenvalue weighted by molar-refractivity contribution is 7.62. The lowest BCUT2D eigenvalue weighted by molar-refractivity contribution is 0.0455. The van der Waals surface area contributed by atoms with Crippen LogP contribution in [0.3, 0.4) is 0 Å². The minimum atomic E-state index is -4.21. The molecule has 0 N–H and O–H groups in total. The Labute approximate surface area is 204 Å². The van der Waals surface area contributed by atoms with E-state index in [1.807, 2.05) is 27.7 Å². The van der Waals surface area contributed by atoms with Crippen LogP contribution in [0.15, 0.2) is 0 Å². The summed E-state index contributed by atoms with van der Waals surface area (Å²) in [6, 6.07) is 0. The Bertz CT molecular complexity index is 485. The van der Waals surface area contributed by atoms with Crippen molar-refractivity contribution in [3.05, 3.63) is 0 Å². The first-order valence-corrected chi connectivity index (χ1v) is 16.1. The van der Waals surface area contributed by atoms with Gasteiger partial charge in [0.2, 0.25) is 0 Å². The van der Waals surface area contributed by atoms with Crippen molar-refractivity contribution in [3.63, 3.8) is 0 Å². The lowest BCUT2D eigenvalue weighted by Gasteiger charge is -2.29. The molecular weight excluding hydrogens is 462 g/mol. The van der Waals surface area contributed by atoms with Crippen molar-refractivity contribution >= 4 is 15.6 Å². The van der Waals surface area contributed by atoms with Gasteiger partial charge in [-0.1, -0.05) is 79.1 Å². The maximum absolute atomic E-state index is 13.8. The van der Waals surface area contributed by atoms with Gasteiger partial charge < -0.3 is 0 Å². The second-order valence-corrected chi connectivity index (χ2v) is 12.5. The number of phosphoric acid groups is 2. The summed E-state index contributed by atoms with van der Waals surface area (Å²) in [7, 11) is -8.42. The predicted octanol–water partition coefficient (Wildman–Crippen LogP) is 9.60. The van der Waals surface area contributed by atoms with Crippen molar-refractivity contribution in [2.75, 3.05) is 0 Å². The van der Waals surface area contributed by atoms with Crippen LogP contribution in [0.4, 0.5) is 0 Å². The minimum absolute atomic E-state index is 0.377. The zero-order chi connectivity index (χ0) is 25.3. The molecule has 0 aromatic heterocycles. The highest BCUT2D eigenvalue weighted by atomic mass is 31.3. The molecule has 0 spiro atoms. The van der Waals surface area contributed by atoms with Gasteiger partial charge in [-0.3, -0.25) is 18.1 Å². The van der Waals surface area contributed by atoms with Crippen molar-refractivity contribution in [2.45, 2.75) is 157 Å². The fraction of sp³-hybridized carbons (Fsp3) is 1.00. The van der Waals surface area contributed by atoms with Gasteiger partial charge >= 0.3 is 15.6 Å². The van der Waals surface area contributed by atoms with E-state index < -0.39 is 15.6 Å². The maximum Gasteiger partial charge on any atom is 0.484 e. The number of unbranched alkanes of at least 4 members (excludes halogenated alkanes) is 4. The van der Waals surface area contributed by atoms with Crippen LogP contribution in [0.1, 0.15) is 132 Å². The lowest BCUT2D eigenvalue weighted by atomic mass is 10.2. The Morgan fingerprint density at radius 1 is 0.485 bits per heavy atom. The molecule has 9 heteroatoms. The lowest BCUT2D eigenvalue weighted by Crippen LogP contribution is -2.18. The SMILES string of the molecule is CCCCC(C)OP(=O)(OC(C)CCCC)OP(=O)(OC(C)CCCC)OC(C)CCCC. The molecule has 0 aliphatic heterocycles. The second kappa shape index (κ2) is 18.5. The minimum Gasteiger partial charge on any atom is -0.284 e. The van der Waals surface area contributed by atoms with E-state index in [2.05, 4.69) is 27.7 Å². The van der Waals surface area contributed by atoms with Crippen LogP contribution in [0.25, 0.3) is 0 Å². The summed E-state index contributed by atoms with van der Waals surface area (Å²) in [6.07, 6.45) is 8.89. The maximum atomic E-state index is 13.8. The number of rotatable bonds is 22. The zero-order valence-electron chi connectivity index (χ0n) is 22.5. The molecule has 0 amide bonds. The summed E-state index contributed by atoms with van der Waals surface area (Å²) in [4.78, 5) is 0. The van der Waals surface area contributed by atoms with E-state index in [9.17, 15) is 9.13 Å². The average Bonchev–Trinajstić information content (AvgIpc) is 2.72. The number of hydrogen-bond acceptors (Lipinski definition) is 7. The van der Waals surface area contributed by atoms with Crippen LogP contribution < -0.4 is 0 Å². The number of hydrogen-bond donors (Lipinski definition) is 0. The van der Waals surface area contributed by atoms with Gasteiger partial charge in [-0.25, -0.2) is 9.13 Å². The summed E-state index contributed by atoms with van der Waals surface area (Å²) in [5.41, 5.74) is 0. The molecule has 0 aliphatic rings. The Morgan fingerprint density at radius 3 is 0.879 bits per heavy atom. The fourth-order valence-corrected chi connectivity index (χ4v) is 7.19. The third kappa shape index (κ3) is 16.5. The Kier molecular flexibility index (Phi) is 18.7. The molecule has 33 heavy (non-hydrogen) atoms. The van der Waals surface area contributed by atoms with E-state index in [-0.39, 0.29) is 24.4 Å². The summed E-state index contributed by atoms with van der Waals surface area (Å²) >= 11 is 0. The highest BCUT2D eigenvalue weighted by Crippen LogP contribution is 2.68. The third-order valence-corrected chi connectivity index (χ3v) is 9.37. The molecule has 0 bridgehead atoms. The average molecular weight is 515 g/mol. The fourth-order valence-electron chi connectivity index (χ4n) is 3.31. The van der Waals surface area contributed by atoms with Crippen molar-refractivity contribution < 1.29 is 31.5 Å². The quantitative estimate of drug-likeness (QED) is 0.133. The van der Waals surface area contributed by atoms with Crippen molar-refractivity contribution in [1.82, 2.24) is 0 Å². The van der Waals surface area contributed by atoms with E-state index >= 15 is 0 Å². The van der Waals surface area contributed by atoms with Gasteiger partial charge in [0.15, 0.2) is 0 Å². The molecule has 4 unspecified atom stereocenters. The van der Waals surface area contributed by atoms with Crippen LogP contribution in [-0.2, 0) is 31.5 Å². The Hall–Kier alpha value is 0.260. The molecule has 0 saturated heterocycles. The molecule has 0 heterocycles. The van der Waals surface area contributed by atoms with Crippen molar-refractivity contribution in [1.29, 1.82) is 0 Å². The molecule has 0 aromatic rings. The third-order valence-electron chi connectivity index (χ3n) is 5.29. The van der Waals surface area contributed by atoms with E-state index in [4.69, 9.17) is 22.4 Å². The van der Waals surface area contributed by atoms with Crippen molar-refractivity contribution in [2.24, 2.45) is 0 Å². The van der Waals surface area contributed by atoms with E-state index in [0.717, 1.165) is 51.4 Å². The summed E-state index contributed by atoms with van der Waals surface area (Å²) in [5.74, 6) is 0. The first kappa shape index (κ1) is 33.3. The van der Waals surface area contributed by atoms with Gasteiger partial charge in [-0.15, -0.1) is 0 Å². The molecular formula is C24H52O7P2. The molecule has 0 aliphatic carbocycles. The molecule has 0 saturated carbocycles.